The van der Waals surface area contributed by atoms with E-state index < -0.39 is 30.4 Å². The van der Waals surface area contributed by atoms with Gasteiger partial charge in [0, 0.05) is 38.5 Å². The van der Waals surface area contributed by atoms with Crippen LogP contribution in [0.3, 0.4) is 0 Å². The summed E-state index contributed by atoms with van der Waals surface area (Å²) in [5.41, 5.74) is 8.43. The van der Waals surface area contributed by atoms with Crippen LogP contribution in [-0.2, 0) is 68.9 Å². The summed E-state index contributed by atoms with van der Waals surface area (Å²) in [5.74, 6) is 0. The molecule has 14 heteroatoms. The molecule has 2 fully saturated rings. The molecule has 0 spiro atoms. The molecule has 70 heavy (non-hydrogen) atoms. The van der Waals surface area contributed by atoms with Crippen molar-refractivity contribution in [2.45, 2.75) is 126 Å². The maximum absolute atomic E-state index is 12.1. The fourth-order valence-electron chi connectivity index (χ4n) is 9.02. The monoisotopic (exact) mass is 1020 g/mol. The minimum Gasteiger partial charge on any atom is -0.326 e. The van der Waals surface area contributed by atoms with Gasteiger partial charge in [-0.2, -0.15) is 25.3 Å². The lowest BCUT2D eigenvalue weighted by Gasteiger charge is -2.29. The van der Waals surface area contributed by atoms with Crippen LogP contribution >= 0.6 is 0 Å². The topological polar surface area (TPSA) is 130 Å². The Morgan fingerprint density at radius 1 is 0.429 bits per heavy atom. The average Bonchev–Trinajstić information content (AvgIpc) is 3.98. The molecular formula is C56H78N2O9S3+2. The van der Waals surface area contributed by atoms with E-state index in [1.165, 1.54) is 148 Å². The standard InChI is InChI=1S/C22H38N2.C20H26O3S.C14H14O6S2/c1-23(14-3-4-15-23)18-8-12-21-10-7-11-22(20-21)13-9-19-24(2)16-5-6-17-24;1-3-4-7-18-8-5-9-19(16-18)10-6-15-23-24(21,22)20-13-11-17(2)12-14-20;1-11-3-7-13(8-4-11)21(15,16)19-20-22(17,18)14-9-5-12(2)6-10-14/h7,10-11,20H,3-6,8-9,12-19H2,1-2H3;5,8-9,11-14,16H,3-4,6-7,10,15H2,1-2H3;3-10H,1-2H3/q+2;;. The molecule has 2 saturated heterocycles. The Morgan fingerprint density at radius 2 is 0.743 bits per heavy atom. The molecule has 0 amide bonds. The number of quaternary nitrogens is 2. The van der Waals surface area contributed by atoms with Gasteiger partial charge in [0.25, 0.3) is 10.1 Å². The van der Waals surface area contributed by atoms with Gasteiger partial charge in [-0.3, -0.25) is 4.18 Å². The average molecular weight is 1020 g/mol. The second kappa shape index (κ2) is 27.0. The number of nitrogens with zero attached hydrogens (tertiary/aromatic N) is 2. The molecule has 0 unspecified atom stereocenters. The molecule has 382 valence electrons. The second-order valence-corrected chi connectivity index (χ2v) is 24.5. The van der Waals surface area contributed by atoms with Gasteiger partial charge in [0.05, 0.1) is 74.7 Å². The molecule has 7 rings (SSSR count). The number of aryl methyl sites for hydroxylation is 7. The van der Waals surface area contributed by atoms with Crippen molar-refractivity contribution >= 4 is 30.4 Å². The van der Waals surface area contributed by atoms with Gasteiger partial charge >= 0.3 is 20.2 Å². The lowest BCUT2D eigenvalue weighted by molar-refractivity contribution is -0.897. The van der Waals surface area contributed by atoms with Crippen LogP contribution in [0.15, 0.2) is 136 Å². The van der Waals surface area contributed by atoms with E-state index in [4.69, 9.17) is 4.18 Å². The third-order valence-corrected chi connectivity index (χ3v) is 17.0. The van der Waals surface area contributed by atoms with Gasteiger partial charge in [0.1, 0.15) is 0 Å². The van der Waals surface area contributed by atoms with Crippen LogP contribution in [0.5, 0.6) is 0 Å². The molecule has 0 radical (unpaired) electrons. The molecule has 0 aliphatic carbocycles. The number of rotatable bonds is 22. The van der Waals surface area contributed by atoms with Crippen LogP contribution in [0.1, 0.15) is 104 Å². The highest BCUT2D eigenvalue weighted by molar-refractivity contribution is 7.89. The molecule has 11 nitrogen and oxygen atoms in total. The minimum absolute atomic E-state index is 0.197. The van der Waals surface area contributed by atoms with Crippen molar-refractivity contribution in [2.75, 3.05) is 60.0 Å². The second-order valence-electron chi connectivity index (χ2n) is 19.8. The summed E-state index contributed by atoms with van der Waals surface area (Å²) in [5, 5.41) is 0. The van der Waals surface area contributed by atoms with Gasteiger partial charge in [-0.15, -0.1) is 0 Å². The van der Waals surface area contributed by atoms with Crippen LogP contribution in [0.2, 0.25) is 0 Å². The Hall–Kier alpha value is -4.25. The number of unbranched alkanes of at least 4 members (excludes halogenated alkanes) is 1. The summed E-state index contributed by atoms with van der Waals surface area (Å²) >= 11 is 0. The van der Waals surface area contributed by atoms with Crippen LogP contribution in [0.25, 0.3) is 0 Å². The van der Waals surface area contributed by atoms with Gasteiger partial charge < -0.3 is 8.97 Å². The van der Waals surface area contributed by atoms with Crippen molar-refractivity contribution in [3.8, 4) is 0 Å². The van der Waals surface area contributed by atoms with Crippen LogP contribution < -0.4 is 0 Å². The van der Waals surface area contributed by atoms with E-state index in [0.29, 0.717) is 6.42 Å². The maximum atomic E-state index is 12.1. The number of hydrogen-bond acceptors (Lipinski definition) is 9. The van der Waals surface area contributed by atoms with Gasteiger partial charge in [0.2, 0.25) is 0 Å². The summed E-state index contributed by atoms with van der Waals surface area (Å²) < 4.78 is 87.8. The van der Waals surface area contributed by atoms with Gasteiger partial charge in [-0.1, -0.05) is 124 Å². The van der Waals surface area contributed by atoms with Gasteiger partial charge in [-0.25, -0.2) is 0 Å². The van der Waals surface area contributed by atoms with Crippen molar-refractivity contribution in [3.63, 3.8) is 0 Å². The Kier molecular flexibility index (Phi) is 21.8. The van der Waals surface area contributed by atoms with Crippen LogP contribution in [0, 0.1) is 20.8 Å². The van der Waals surface area contributed by atoms with E-state index in [2.05, 4.69) is 78.2 Å². The Balaban J connectivity index is 0.000000196. The van der Waals surface area contributed by atoms with E-state index >= 15 is 0 Å². The van der Waals surface area contributed by atoms with Crippen molar-refractivity contribution in [1.29, 1.82) is 0 Å². The van der Waals surface area contributed by atoms with Crippen molar-refractivity contribution < 1.29 is 47.1 Å². The van der Waals surface area contributed by atoms with E-state index in [0.717, 1.165) is 29.5 Å². The molecule has 0 N–H and O–H groups in total. The predicted octanol–water partition coefficient (Wildman–Crippen LogP) is 11.0. The molecule has 0 aromatic heterocycles. The first kappa shape index (κ1) is 56.7. The molecule has 0 atom stereocenters. The zero-order valence-corrected chi connectivity index (χ0v) is 44.9. The van der Waals surface area contributed by atoms with E-state index in [-0.39, 0.29) is 21.3 Å². The fourth-order valence-corrected chi connectivity index (χ4v) is 11.6. The summed E-state index contributed by atoms with van der Waals surface area (Å²) in [6, 6.07) is 36.1. The number of hydrogen-bond donors (Lipinski definition) is 0. The van der Waals surface area contributed by atoms with E-state index in [1.54, 1.807) is 73.5 Å². The molecular weight excluding hydrogens is 941 g/mol. The normalized spacial score (nSPS) is 15.4. The molecule has 2 aliphatic rings. The molecule has 0 bridgehead atoms. The van der Waals surface area contributed by atoms with Crippen LogP contribution in [-0.4, -0.2) is 94.2 Å². The Bertz CT molecular complexity index is 2580. The first-order valence-electron chi connectivity index (χ1n) is 25.1. The smallest absolute Gasteiger partial charge is 0.324 e. The lowest BCUT2D eigenvalue weighted by atomic mass is 10.0. The predicted molar refractivity (Wildman–Crippen MR) is 280 cm³/mol. The number of benzene rings is 5. The highest BCUT2D eigenvalue weighted by Gasteiger charge is 2.27. The summed E-state index contributed by atoms with van der Waals surface area (Å²) in [6.07, 6.45) is 15.9. The van der Waals surface area contributed by atoms with Crippen LogP contribution in [0.4, 0.5) is 0 Å². The molecule has 5 aromatic carbocycles. The van der Waals surface area contributed by atoms with Crippen molar-refractivity contribution in [3.05, 3.63) is 160 Å². The molecule has 0 saturated carbocycles. The Labute approximate surface area is 421 Å². The molecule has 5 aromatic rings. The first-order chi connectivity index (χ1) is 33.3. The summed E-state index contributed by atoms with van der Waals surface area (Å²) in [7, 11) is -7.41. The zero-order valence-electron chi connectivity index (χ0n) is 42.5. The van der Waals surface area contributed by atoms with E-state index in [1.807, 2.05) is 6.92 Å². The van der Waals surface area contributed by atoms with Crippen molar-refractivity contribution in [1.82, 2.24) is 0 Å². The molecule has 2 heterocycles. The highest BCUT2D eigenvalue weighted by Crippen LogP contribution is 2.22. The lowest BCUT2D eigenvalue weighted by Crippen LogP contribution is -2.41. The highest BCUT2D eigenvalue weighted by atomic mass is 32.2. The first-order valence-corrected chi connectivity index (χ1v) is 29.3. The van der Waals surface area contributed by atoms with Crippen molar-refractivity contribution in [2.24, 2.45) is 0 Å². The SMILES string of the molecule is CCCCc1cccc(CCCOS(=O)(=O)c2ccc(C)cc2)c1.C[N+]1(CCCc2cccc(CCC[N+]3(C)CCCC3)c2)CCCC1.Cc1ccc(S(=O)(=O)OOS(=O)(=O)c2ccc(C)cc2)cc1. The summed E-state index contributed by atoms with van der Waals surface area (Å²) in [4.78, 5) is -0.177. The van der Waals surface area contributed by atoms with Gasteiger partial charge in [-0.05, 0) is 118 Å². The molecule has 2 aliphatic heterocycles. The third kappa shape index (κ3) is 19.1. The fraction of sp³-hybridized carbons (Fsp3) is 0.464. The quantitative estimate of drug-likeness (QED) is 0.0219. The van der Waals surface area contributed by atoms with E-state index in [9.17, 15) is 25.3 Å². The largest absolute Gasteiger partial charge is 0.326 e. The zero-order chi connectivity index (χ0) is 50.7. The number of likely N-dealkylation sites (tertiary alicyclic amines) is 2. The van der Waals surface area contributed by atoms with Gasteiger partial charge in [0.15, 0.2) is 0 Å². The Morgan fingerprint density at radius 3 is 1.09 bits per heavy atom. The summed E-state index contributed by atoms with van der Waals surface area (Å²) in [6.45, 7) is 16.2. The maximum Gasteiger partial charge on any atom is 0.324 e. The third-order valence-electron chi connectivity index (χ3n) is 13.4. The minimum atomic E-state index is -4.33.